The molecule has 1 saturated carbocycles. The Morgan fingerprint density at radius 2 is 1.56 bits per heavy atom. The van der Waals surface area contributed by atoms with Crippen molar-refractivity contribution in [3.05, 3.63) is 68.7 Å². The molecule has 1 N–H and O–H groups in total. The van der Waals surface area contributed by atoms with Crippen LogP contribution in [0.15, 0.2) is 42.5 Å². The van der Waals surface area contributed by atoms with Crippen LogP contribution in [-0.2, 0) is 4.79 Å². The summed E-state index contributed by atoms with van der Waals surface area (Å²) >= 11 is 18.7. The molecule has 0 unspecified atom stereocenters. The molecule has 2 aromatic rings. The first-order chi connectivity index (χ1) is 12.0. The quantitative estimate of drug-likeness (QED) is 0.698. The summed E-state index contributed by atoms with van der Waals surface area (Å²) in [6, 6.07) is 13.7. The second kappa shape index (κ2) is 6.83. The van der Waals surface area contributed by atoms with E-state index in [0.29, 0.717) is 10.0 Å². The van der Waals surface area contributed by atoms with Gasteiger partial charge >= 0.3 is 0 Å². The molecule has 4 atom stereocenters. The van der Waals surface area contributed by atoms with Crippen LogP contribution in [0.3, 0.4) is 0 Å². The summed E-state index contributed by atoms with van der Waals surface area (Å²) in [5, 5.41) is 5.11. The van der Waals surface area contributed by atoms with E-state index in [1.807, 2.05) is 30.3 Å². The van der Waals surface area contributed by atoms with Gasteiger partial charge in [-0.1, -0.05) is 53.0 Å². The average molecular weight is 395 g/mol. The number of amides is 1. The van der Waals surface area contributed by atoms with Gasteiger partial charge in [0.25, 0.3) is 0 Å². The Hall–Kier alpha value is -1.22. The van der Waals surface area contributed by atoms with Crippen LogP contribution in [0.2, 0.25) is 15.1 Å². The Kier molecular flexibility index (Phi) is 4.70. The van der Waals surface area contributed by atoms with Crippen molar-refractivity contribution < 1.29 is 4.79 Å². The fraction of sp³-hybridized carbons (Fsp3) is 0.350. The number of benzene rings is 2. The van der Waals surface area contributed by atoms with Crippen molar-refractivity contribution in [2.75, 3.05) is 6.54 Å². The second-order valence-corrected chi connectivity index (χ2v) is 8.22. The van der Waals surface area contributed by atoms with E-state index in [0.717, 1.165) is 30.0 Å². The van der Waals surface area contributed by atoms with Crippen LogP contribution in [0.4, 0.5) is 0 Å². The lowest BCUT2D eigenvalue weighted by atomic mass is 9.63. The minimum atomic E-state index is 0.0861. The molecule has 130 valence electrons. The first kappa shape index (κ1) is 17.2. The van der Waals surface area contributed by atoms with Crippen LogP contribution in [0.1, 0.15) is 35.8 Å². The lowest BCUT2D eigenvalue weighted by Gasteiger charge is -2.40. The molecule has 5 heteroatoms. The molecule has 2 aliphatic rings. The Morgan fingerprint density at radius 3 is 2.28 bits per heavy atom. The maximum Gasteiger partial charge on any atom is 0.223 e. The molecule has 2 nitrogen and oxygen atoms in total. The fourth-order valence-corrected chi connectivity index (χ4v) is 5.24. The number of rotatable bonds is 2. The number of fused-ring (bicyclic) bond motifs is 1. The summed E-state index contributed by atoms with van der Waals surface area (Å²) in [5.41, 5.74) is 2.33. The molecule has 0 radical (unpaired) electrons. The van der Waals surface area contributed by atoms with Gasteiger partial charge in [0.2, 0.25) is 5.91 Å². The van der Waals surface area contributed by atoms with E-state index < -0.39 is 0 Å². The molecule has 1 heterocycles. The summed E-state index contributed by atoms with van der Waals surface area (Å²) in [5.74, 6) is 1.04. The topological polar surface area (TPSA) is 29.1 Å². The molecule has 4 rings (SSSR count). The van der Waals surface area contributed by atoms with Gasteiger partial charge < -0.3 is 5.32 Å². The number of hydrogen-bond acceptors (Lipinski definition) is 1. The third-order valence-corrected chi connectivity index (χ3v) is 6.48. The maximum atomic E-state index is 12.2. The molecule has 1 saturated heterocycles. The zero-order valence-corrected chi connectivity index (χ0v) is 15.8. The van der Waals surface area contributed by atoms with Crippen LogP contribution in [0, 0.1) is 11.8 Å². The average Bonchev–Trinajstić information content (AvgIpc) is 2.97. The van der Waals surface area contributed by atoms with Crippen molar-refractivity contribution in [1.29, 1.82) is 0 Å². The normalized spacial score (nSPS) is 28.5. The number of halogens is 3. The van der Waals surface area contributed by atoms with Gasteiger partial charge in [0, 0.05) is 27.5 Å². The van der Waals surface area contributed by atoms with Crippen molar-refractivity contribution in [2.24, 2.45) is 11.8 Å². The van der Waals surface area contributed by atoms with Crippen LogP contribution >= 0.6 is 34.8 Å². The van der Waals surface area contributed by atoms with Gasteiger partial charge in [-0.05, 0) is 66.0 Å². The molecule has 0 aromatic heterocycles. The highest BCUT2D eigenvalue weighted by Gasteiger charge is 2.47. The van der Waals surface area contributed by atoms with Crippen molar-refractivity contribution in [2.45, 2.75) is 24.7 Å². The molecular formula is C20H18Cl3NO. The predicted molar refractivity (Wildman–Crippen MR) is 103 cm³/mol. The van der Waals surface area contributed by atoms with Crippen molar-refractivity contribution in [1.82, 2.24) is 5.32 Å². The SMILES string of the molecule is O=C1NC[C@H]2[C@@H](c3ccc(Cl)cc3)[C@H](c3ccc(Cl)cc3Cl)CC[C@@H]12. The Bertz CT molecular complexity index is 805. The van der Waals surface area contributed by atoms with E-state index in [1.54, 1.807) is 0 Å². The van der Waals surface area contributed by atoms with Crippen LogP contribution in [-0.4, -0.2) is 12.5 Å². The minimum Gasteiger partial charge on any atom is -0.356 e. The standard InChI is InChI=1S/C20H18Cl3NO/c21-12-3-1-11(2-4-12)19-15(14-6-5-13(22)9-18(14)23)7-8-16-17(19)10-24-20(16)25/h1-6,9,15-17,19H,7-8,10H2,(H,24,25)/t15-,16+,17+,19-/m0/s1. The van der Waals surface area contributed by atoms with E-state index >= 15 is 0 Å². The molecule has 1 amide bonds. The third kappa shape index (κ3) is 3.16. The molecule has 2 fully saturated rings. The first-order valence-electron chi connectivity index (χ1n) is 8.52. The molecule has 25 heavy (non-hydrogen) atoms. The van der Waals surface area contributed by atoms with Crippen LogP contribution < -0.4 is 5.32 Å². The molecule has 0 spiro atoms. The molecule has 1 aliphatic heterocycles. The monoisotopic (exact) mass is 393 g/mol. The number of carbonyl (C=O) groups is 1. The maximum absolute atomic E-state index is 12.2. The van der Waals surface area contributed by atoms with Gasteiger partial charge in [-0.25, -0.2) is 0 Å². The summed E-state index contributed by atoms with van der Waals surface area (Å²) in [6.07, 6.45) is 1.83. The first-order valence-corrected chi connectivity index (χ1v) is 9.66. The van der Waals surface area contributed by atoms with E-state index in [1.165, 1.54) is 5.56 Å². The number of hydrogen-bond donors (Lipinski definition) is 1. The van der Waals surface area contributed by atoms with Crippen LogP contribution in [0.25, 0.3) is 0 Å². The summed E-state index contributed by atoms with van der Waals surface area (Å²) < 4.78 is 0. The molecule has 0 bridgehead atoms. The van der Waals surface area contributed by atoms with E-state index in [9.17, 15) is 4.79 Å². The van der Waals surface area contributed by atoms with Crippen molar-refractivity contribution in [3.63, 3.8) is 0 Å². The Balaban J connectivity index is 1.78. The minimum absolute atomic E-state index is 0.0861. The zero-order chi connectivity index (χ0) is 17.6. The van der Waals surface area contributed by atoms with Gasteiger partial charge in [-0.2, -0.15) is 0 Å². The highest BCUT2D eigenvalue weighted by atomic mass is 35.5. The van der Waals surface area contributed by atoms with Gasteiger partial charge in [-0.15, -0.1) is 0 Å². The molecular weight excluding hydrogens is 377 g/mol. The van der Waals surface area contributed by atoms with Crippen molar-refractivity contribution in [3.8, 4) is 0 Å². The van der Waals surface area contributed by atoms with Gasteiger partial charge in [0.15, 0.2) is 0 Å². The lowest BCUT2D eigenvalue weighted by Crippen LogP contribution is -2.32. The predicted octanol–water partition coefficient (Wildman–Crippen LogP) is 5.67. The fourth-order valence-electron chi connectivity index (χ4n) is 4.56. The van der Waals surface area contributed by atoms with Crippen LogP contribution in [0.5, 0.6) is 0 Å². The van der Waals surface area contributed by atoms with E-state index in [-0.39, 0.29) is 29.6 Å². The van der Waals surface area contributed by atoms with Gasteiger partial charge in [0.1, 0.15) is 0 Å². The van der Waals surface area contributed by atoms with E-state index in [2.05, 4.69) is 17.4 Å². The second-order valence-electron chi connectivity index (χ2n) is 6.94. The Morgan fingerprint density at radius 1 is 0.880 bits per heavy atom. The van der Waals surface area contributed by atoms with Gasteiger partial charge in [-0.3, -0.25) is 4.79 Å². The van der Waals surface area contributed by atoms with E-state index in [4.69, 9.17) is 34.8 Å². The largest absolute Gasteiger partial charge is 0.356 e. The highest BCUT2D eigenvalue weighted by Crippen LogP contribution is 2.52. The number of carbonyl (C=O) groups excluding carboxylic acids is 1. The highest BCUT2D eigenvalue weighted by molar-refractivity contribution is 6.35. The zero-order valence-electron chi connectivity index (χ0n) is 13.5. The number of nitrogens with one attached hydrogen (secondary N) is 1. The third-order valence-electron chi connectivity index (χ3n) is 5.67. The summed E-state index contributed by atoms with van der Waals surface area (Å²) in [7, 11) is 0. The van der Waals surface area contributed by atoms with Crippen molar-refractivity contribution >= 4 is 40.7 Å². The smallest absolute Gasteiger partial charge is 0.223 e. The lowest BCUT2D eigenvalue weighted by molar-refractivity contribution is -0.123. The van der Waals surface area contributed by atoms with Gasteiger partial charge in [0.05, 0.1) is 0 Å². The molecule has 2 aromatic carbocycles. The Labute approximate surface area is 162 Å². The molecule has 1 aliphatic carbocycles. The summed E-state index contributed by atoms with van der Waals surface area (Å²) in [6.45, 7) is 0.721. The summed E-state index contributed by atoms with van der Waals surface area (Å²) in [4.78, 5) is 12.2.